The molecule has 3 N–H and O–H groups in total. The fourth-order valence-electron chi connectivity index (χ4n) is 4.42. The first-order chi connectivity index (χ1) is 12.7. The van der Waals surface area contributed by atoms with Crippen LogP contribution in [0.2, 0.25) is 0 Å². The second kappa shape index (κ2) is 6.42. The highest BCUT2D eigenvalue weighted by Crippen LogP contribution is 2.42. The third-order valence-electron chi connectivity index (χ3n) is 6.18. The third-order valence-corrected chi connectivity index (χ3v) is 6.18. The monoisotopic (exact) mass is 356 g/mol. The first-order valence-electron chi connectivity index (χ1n) is 9.98. The molecule has 0 amide bonds. The van der Waals surface area contributed by atoms with Crippen LogP contribution in [0.5, 0.6) is 0 Å². The maximum atomic E-state index is 5.99. The van der Waals surface area contributed by atoms with Gasteiger partial charge in [-0.25, -0.2) is 4.98 Å². The quantitative estimate of drug-likeness (QED) is 0.844. The molecule has 2 aliphatic carbocycles. The number of rotatable bonds is 5. The molecule has 8 heteroatoms. The maximum absolute atomic E-state index is 5.99. The van der Waals surface area contributed by atoms with Gasteiger partial charge in [0.2, 0.25) is 0 Å². The minimum absolute atomic E-state index is 0.353. The predicted octanol–water partition coefficient (Wildman–Crippen LogP) is 1.62. The fourth-order valence-corrected chi connectivity index (χ4v) is 4.42. The number of hydrogen-bond acceptors (Lipinski definition) is 6. The number of nitrogens with two attached hydrogens (primary N) is 1. The summed E-state index contributed by atoms with van der Waals surface area (Å²) in [6.07, 6.45) is 6.88. The van der Waals surface area contributed by atoms with E-state index in [1.807, 2.05) is 6.92 Å². The summed E-state index contributed by atoms with van der Waals surface area (Å²) in [4.78, 5) is 7.02. The minimum Gasteiger partial charge on any atom is -0.328 e. The maximum Gasteiger partial charge on any atom is 0.153 e. The third kappa shape index (κ3) is 3.05. The van der Waals surface area contributed by atoms with Crippen molar-refractivity contribution in [3.8, 4) is 0 Å². The summed E-state index contributed by atoms with van der Waals surface area (Å²) in [5.41, 5.74) is 5.99. The van der Waals surface area contributed by atoms with Crippen molar-refractivity contribution in [2.75, 3.05) is 13.1 Å². The molecular formula is C18H28N8. The van der Waals surface area contributed by atoms with E-state index in [-0.39, 0.29) is 0 Å². The summed E-state index contributed by atoms with van der Waals surface area (Å²) in [6, 6.07) is 0.978. The van der Waals surface area contributed by atoms with E-state index in [0.29, 0.717) is 23.9 Å². The van der Waals surface area contributed by atoms with E-state index in [0.717, 1.165) is 62.8 Å². The van der Waals surface area contributed by atoms with Crippen LogP contribution in [-0.2, 0) is 6.54 Å². The average Bonchev–Trinajstić information content (AvgIpc) is 3.23. The van der Waals surface area contributed by atoms with Crippen LogP contribution in [0.1, 0.15) is 79.7 Å². The van der Waals surface area contributed by atoms with Gasteiger partial charge in [-0.05, 0) is 58.5 Å². The highest BCUT2D eigenvalue weighted by molar-refractivity contribution is 5.12. The molecule has 0 unspecified atom stereocenters. The van der Waals surface area contributed by atoms with Crippen molar-refractivity contribution in [3.63, 3.8) is 0 Å². The van der Waals surface area contributed by atoms with Crippen LogP contribution in [0.4, 0.5) is 0 Å². The second-order valence-corrected chi connectivity index (χ2v) is 8.33. The van der Waals surface area contributed by atoms with Crippen LogP contribution in [-0.4, -0.2) is 54.0 Å². The van der Waals surface area contributed by atoms with Crippen LogP contribution >= 0.6 is 0 Å². The number of piperidine rings is 1. The Morgan fingerprint density at radius 1 is 1.08 bits per heavy atom. The van der Waals surface area contributed by atoms with E-state index in [2.05, 4.69) is 34.8 Å². The lowest BCUT2D eigenvalue weighted by molar-refractivity contribution is 0.194. The molecule has 1 saturated heterocycles. The Morgan fingerprint density at radius 3 is 2.46 bits per heavy atom. The van der Waals surface area contributed by atoms with E-state index >= 15 is 0 Å². The molecule has 0 radical (unpaired) electrons. The molecule has 0 atom stereocenters. The van der Waals surface area contributed by atoms with Gasteiger partial charge < -0.3 is 10.3 Å². The van der Waals surface area contributed by atoms with Gasteiger partial charge in [0.1, 0.15) is 17.5 Å². The number of aryl methyl sites for hydroxylation is 1. The Kier molecular flexibility index (Phi) is 4.04. The molecule has 3 aliphatic rings. The molecule has 0 aromatic carbocycles. The van der Waals surface area contributed by atoms with Gasteiger partial charge in [0.05, 0.1) is 6.54 Å². The van der Waals surface area contributed by atoms with Crippen LogP contribution < -0.4 is 5.73 Å². The van der Waals surface area contributed by atoms with Crippen LogP contribution in [0.15, 0.2) is 0 Å². The number of H-pyrrole nitrogens is 1. The molecule has 140 valence electrons. The number of aromatic amines is 1. The highest BCUT2D eigenvalue weighted by Gasteiger charge is 2.37. The average molecular weight is 356 g/mol. The molecule has 2 aromatic rings. The lowest BCUT2D eigenvalue weighted by Crippen LogP contribution is -2.36. The van der Waals surface area contributed by atoms with Gasteiger partial charge >= 0.3 is 0 Å². The predicted molar refractivity (Wildman–Crippen MR) is 96.6 cm³/mol. The molecule has 2 saturated carbocycles. The Bertz CT molecular complexity index is 762. The lowest BCUT2D eigenvalue weighted by Gasteiger charge is -2.32. The van der Waals surface area contributed by atoms with Crippen molar-refractivity contribution >= 4 is 0 Å². The Balaban J connectivity index is 1.24. The van der Waals surface area contributed by atoms with Gasteiger partial charge in [-0.15, -0.1) is 10.2 Å². The van der Waals surface area contributed by atoms with Gasteiger partial charge in [0.25, 0.3) is 0 Å². The first-order valence-corrected chi connectivity index (χ1v) is 9.98. The number of hydrogen-bond donors (Lipinski definition) is 2. The van der Waals surface area contributed by atoms with Crippen molar-refractivity contribution in [1.82, 2.24) is 34.8 Å². The zero-order valence-corrected chi connectivity index (χ0v) is 15.4. The summed E-state index contributed by atoms with van der Waals surface area (Å²) in [5, 5.41) is 16.5. The van der Waals surface area contributed by atoms with Gasteiger partial charge in [-0.3, -0.25) is 10.00 Å². The van der Waals surface area contributed by atoms with Crippen molar-refractivity contribution < 1.29 is 0 Å². The van der Waals surface area contributed by atoms with E-state index in [1.165, 1.54) is 18.7 Å². The summed E-state index contributed by atoms with van der Waals surface area (Å²) < 4.78 is 2.45. The van der Waals surface area contributed by atoms with E-state index < -0.39 is 0 Å². The topological polar surface area (TPSA) is 102 Å². The van der Waals surface area contributed by atoms with E-state index in [9.17, 15) is 0 Å². The SMILES string of the molecule is Cc1nc(C2CCN(Cc3nnc(C4CC(N)C4)n3C3CC3)CC2)n[nH]1. The van der Waals surface area contributed by atoms with Crippen molar-refractivity contribution in [1.29, 1.82) is 0 Å². The zero-order chi connectivity index (χ0) is 17.7. The van der Waals surface area contributed by atoms with Gasteiger partial charge in [-0.2, -0.15) is 5.10 Å². The van der Waals surface area contributed by atoms with Gasteiger partial charge in [0.15, 0.2) is 5.82 Å². The van der Waals surface area contributed by atoms with Gasteiger partial charge in [0, 0.05) is 23.9 Å². The largest absolute Gasteiger partial charge is 0.328 e. The fraction of sp³-hybridized carbons (Fsp3) is 0.778. The van der Waals surface area contributed by atoms with Gasteiger partial charge in [-0.1, -0.05) is 0 Å². The highest BCUT2D eigenvalue weighted by atomic mass is 15.3. The van der Waals surface area contributed by atoms with Crippen molar-refractivity contribution in [2.24, 2.45) is 5.73 Å². The molecule has 5 rings (SSSR count). The van der Waals surface area contributed by atoms with Crippen LogP contribution in [0, 0.1) is 6.92 Å². The zero-order valence-electron chi connectivity index (χ0n) is 15.4. The minimum atomic E-state index is 0.353. The summed E-state index contributed by atoms with van der Waals surface area (Å²) >= 11 is 0. The lowest BCUT2D eigenvalue weighted by atomic mass is 9.80. The molecule has 26 heavy (non-hydrogen) atoms. The van der Waals surface area contributed by atoms with Crippen LogP contribution in [0.3, 0.4) is 0 Å². The molecule has 0 bridgehead atoms. The molecule has 8 nitrogen and oxygen atoms in total. The summed E-state index contributed by atoms with van der Waals surface area (Å²) in [7, 11) is 0. The normalized spacial score (nSPS) is 27.6. The molecule has 2 aromatic heterocycles. The molecular weight excluding hydrogens is 328 g/mol. The van der Waals surface area contributed by atoms with Crippen molar-refractivity contribution in [3.05, 3.63) is 23.3 Å². The van der Waals surface area contributed by atoms with Crippen molar-refractivity contribution in [2.45, 2.75) is 75.9 Å². The first kappa shape index (κ1) is 16.4. The van der Waals surface area contributed by atoms with E-state index in [4.69, 9.17) is 5.73 Å². The molecule has 1 aliphatic heterocycles. The molecule has 3 fully saturated rings. The Morgan fingerprint density at radius 2 is 1.85 bits per heavy atom. The molecule has 0 spiro atoms. The standard InChI is InChI=1S/C18H28N8/c1-11-20-17(23-21-11)12-4-6-25(7-5-12)10-16-22-24-18(13-8-14(19)9-13)26(16)15-2-3-15/h12-15H,2-10,19H2,1H3,(H,20,21,23). The van der Waals surface area contributed by atoms with Crippen LogP contribution in [0.25, 0.3) is 0 Å². The Labute approximate surface area is 153 Å². The summed E-state index contributed by atoms with van der Waals surface area (Å²) in [5.74, 6) is 5.22. The summed E-state index contributed by atoms with van der Waals surface area (Å²) in [6.45, 7) is 5.00. The second-order valence-electron chi connectivity index (χ2n) is 8.33. The number of nitrogens with zero attached hydrogens (tertiary/aromatic N) is 6. The number of aromatic nitrogens is 6. The number of likely N-dealkylation sites (tertiary alicyclic amines) is 1. The number of nitrogens with one attached hydrogen (secondary N) is 1. The molecule has 3 heterocycles. The smallest absolute Gasteiger partial charge is 0.153 e. The Hall–Kier alpha value is -1.80. The van der Waals surface area contributed by atoms with E-state index in [1.54, 1.807) is 0 Å².